The Balaban J connectivity index is 2.06. The van der Waals surface area contributed by atoms with Crippen LogP contribution in [0.1, 0.15) is 5.56 Å². The van der Waals surface area contributed by atoms with Crippen molar-refractivity contribution < 1.29 is 0 Å². The van der Waals surface area contributed by atoms with E-state index in [4.69, 9.17) is 11.6 Å². The van der Waals surface area contributed by atoms with Crippen molar-refractivity contribution in [1.29, 1.82) is 0 Å². The summed E-state index contributed by atoms with van der Waals surface area (Å²) in [5, 5.41) is 4.19. The van der Waals surface area contributed by atoms with Gasteiger partial charge in [0.05, 0.1) is 5.02 Å². The Morgan fingerprint density at radius 3 is 2.80 bits per heavy atom. The molecule has 20 heavy (non-hydrogen) atoms. The molecule has 0 heterocycles. The number of benzene rings is 2. The molecular weight excluding hydrogens is 354 g/mol. The number of anilines is 1. The number of nitrogens with one attached hydrogen (secondary N) is 1. The highest BCUT2D eigenvalue weighted by Gasteiger charge is 2.03. The van der Waals surface area contributed by atoms with E-state index in [9.17, 15) is 0 Å². The van der Waals surface area contributed by atoms with Gasteiger partial charge in [-0.3, -0.25) is 0 Å². The minimum absolute atomic E-state index is 0.735. The lowest BCUT2D eigenvalue weighted by atomic mass is 10.2. The van der Waals surface area contributed by atoms with Gasteiger partial charge in [-0.05, 0) is 45.8 Å². The molecule has 0 aromatic heterocycles. The van der Waals surface area contributed by atoms with Crippen molar-refractivity contribution in [1.82, 2.24) is 0 Å². The molecule has 0 saturated carbocycles. The van der Waals surface area contributed by atoms with Gasteiger partial charge in [-0.25, -0.2) is 0 Å². The van der Waals surface area contributed by atoms with Gasteiger partial charge in [0.15, 0.2) is 0 Å². The van der Waals surface area contributed by atoms with Crippen LogP contribution in [0.4, 0.5) is 5.69 Å². The quantitative estimate of drug-likeness (QED) is 0.496. The molecule has 0 aliphatic heterocycles. The van der Waals surface area contributed by atoms with E-state index in [0.717, 1.165) is 33.0 Å². The van der Waals surface area contributed by atoms with E-state index in [2.05, 4.69) is 46.0 Å². The van der Waals surface area contributed by atoms with Crippen LogP contribution in [0.15, 0.2) is 64.5 Å². The summed E-state index contributed by atoms with van der Waals surface area (Å²) in [4.78, 5) is 1.23. The Kier molecular flexibility index (Phi) is 6.02. The van der Waals surface area contributed by atoms with E-state index >= 15 is 0 Å². The molecule has 0 aliphatic carbocycles. The smallest absolute Gasteiger partial charge is 0.0551 e. The summed E-state index contributed by atoms with van der Waals surface area (Å²) in [5.74, 6) is 0.906. The molecule has 0 radical (unpaired) electrons. The number of para-hydroxylation sites is 1. The molecule has 0 spiro atoms. The summed E-state index contributed by atoms with van der Waals surface area (Å²) in [7, 11) is 0. The summed E-state index contributed by atoms with van der Waals surface area (Å²) in [6.45, 7) is 4.51. The first-order valence-electron chi connectivity index (χ1n) is 6.21. The Bertz CT molecular complexity index is 601. The van der Waals surface area contributed by atoms with Gasteiger partial charge in [0.1, 0.15) is 0 Å². The fourth-order valence-electron chi connectivity index (χ4n) is 1.73. The topological polar surface area (TPSA) is 12.0 Å². The van der Waals surface area contributed by atoms with Gasteiger partial charge in [-0.2, -0.15) is 0 Å². The zero-order valence-corrected chi connectivity index (χ0v) is 14.1. The van der Waals surface area contributed by atoms with E-state index in [1.54, 1.807) is 11.8 Å². The third-order valence-electron chi connectivity index (χ3n) is 2.71. The highest BCUT2D eigenvalue weighted by atomic mass is 79.9. The molecule has 1 nitrogen and oxygen atoms in total. The van der Waals surface area contributed by atoms with Crippen LogP contribution in [0.3, 0.4) is 0 Å². The number of thioether (sulfide) groups is 1. The normalized spacial score (nSPS) is 10.3. The zero-order chi connectivity index (χ0) is 14.4. The van der Waals surface area contributed by atoms with Crippen molar-refractivity contribution in [2.45, 2.75) is 11.4 Å². The van der Waals surface area contributed by atoms with Gasteiger partial charge < -0.3 is 5.32 Å². The predicted molar refractivity (Wildman–Crippen MR) is 93.8 cm³/mol. The van der Waals surface area contributed by atoms with Crippen molar-refractivity contribution in [3.8, 4) is 0 Å². The van der Waals surface area contributed by atoms with Gasteiger partial charge in [-0.1, -0.05) is 35.9 Å². The van der Waals surface area contributed by atoms with E-state index < -0.39 is 0 Å². The lowest BCUT2D eigenvalue weighted by Crippen LogP contribution is -2.00. The fraction of sp³-hybridized carbons (Fsp3) is 0.125. The van der Waals surface area contributed by atoms with E-state index in [1.807, 2.05) is 30.3 Å². The van der Waals surface area contributed by atoms with Crippen LogP contribution in [-0.4, -0.2) is 5.75 Å². The van der Waals surface area contributed by atoms with Gasteiger partial charge in [0.25, 0.3) is 0 Å². The largest absolute Gasteiger partial charge is 0.380 e. The maximum atomic E-state index is 6.11. The first-order chi connectivity index (χ1) is 9.70. The maximum absolute atomic E-state index is 6.11. The Labute approximate surface area is 137 Å². The zero-order valence-electron chi connectivity index (χ0n) is 10.9. The average molecular weight is 369 g/mol. The molecule has 0 bridgehead atoms. The van der Waals surface area contributed by atoms with Crippen LogP contribution in [0, 0.1) is 0 Å². The summed E-state index contributed by atoms with van der Waals surface area (Å²) in [6, 6.07) is 14.3. The van der Waals surface area contributed by atoms with E-state index in [1.165, 1.54) is 4.90 Å². The minimum Gasteiger partial charge on any atom is -0.380 e. The SMILES string of the molecule is C=CCSc1ccccc1NCc1ccc(Br)c(Cl)c1. The molecule has 104 valence electrons. The third-order valence-corrected chi connectivity index (χ3v) is 5.01. The maximum Gasteiger partial charge on any atom is 0.0551 e. The monoisotopic (exact) mass is 367 g/mol. The molecular formula is C16H15BrClNS. The molecule has 0 fully saturated rings. The van der Waals surface area contributed by atoms with Crippen LogP contribution in [0.25, 0.3) is 0 Å². The first kappa shape index (κ1) is 15.5. The molecule has 0 saturated heterocycles. The second-order valence-corrected chi connectivity index (χ2v) is 6.52. The summed E-state index contributed by atoms with van der Waals surface area (Å²) in [5.41, 5.74) is 2.29. The molecule has 0 aliphatic rings. The molecule has 2 aromatic carbocycles. The Hall–Kier alpha value is -0.900. The average Bonchev–Trinajstić information content (AvgIpc) is 2.47. The standard InChI is InChI=1S/C16H15BrClNS/c1-2-9-20-16-6-4-3-5-15(16)19-11-12-7-8-13(17)14(18)10-12/h2-8,10,19H,1,9,11H2. The highest BCUT2D eigenvalue weighted by molar-refractivity contribution is 9.10. The lowest BCUT2D eigenvalue weighted by molar-refractivity contribution is 1.13. The number of hydrogen-bond donors (Lipinski definition) is 1. The van der Waals surface area contributed by atoms with Gasteiger partial charge in [0.2, 0.25) is 0 Å². The number of hydrogen-bond acceptors (Lipinski definition) is 2. The third kappa shape index (κ3) is 4.30. The Morgan fingerprint density at radius 2 is 2.05 bits per heavy atom. The minimum atomic E-state index is 0.735. The second kappa shape index (κ2) is 7.77. The van der Waals surface area contributed by atoms with Crippen molar-refractivity contribution in [2.75, 3.05) is 11.1 Å². The van der Waals surface area contributed by atoms with Gasteiger partial charge in [0, 0.05) is 27.4 Å². The molecule has 0 atom stereocenters. The predicted octanol–water partition coefficient (Wildman–Crippen LogP) is 5.99. The first-order valence-corrected chi connectivity index (χ1v) is 8.37. The number of halogens is 2. The molecule has 0 unspecified atom stereocenters. The lowest BCUT2D eigenvalue weighted by Gasteiger charge is -2.11. The van der Waals surface area contributed by atoms with Crippen LogP contribution in [0.5, 0.6) is 0 Å². The summed E-state index contributed by atoms with van der Waals surface area (Å²) >= 11 is 11.3. The van der Waals surface area contributed by atoms with Crippen molar-refractivity contribution in [3.05, 3.63) is 70.2 Å². The fourth-order valence-corrected chi connectivity index (χ4v) is 2.95. The number of rotatable bonds is 6. The van der Waals surface area contributed by atoms with E-state index in [-0.39, 0.29) is 0 Å². The van der Waals surface area contributed by atoms with Crippen LogP contribution >= 0.6 is 39.3 Å². The van der Waals surface area contributed by atoms with Crippen LogP contribution in [-0.2, 0) is 6.54 Å². The van der Waals surface area contributed by atoms with E-state index in [0.29, 0.717) is 0 Å². The molecule has 2 aromatic rings. The molecule has 2 rings (SSSR count). The molecule has 4 heteroatoms. The molecule has 0 amide bonds. The Morgan fingerprint density at radius 1 is 1.25 bits per heavy atom. The van der Waals surface area contributed by atoms with Crippen LogP contribution < -0.4 is 5.32 Å². The summed E-state index contributed by atoms with van der Waals surface area (Å²) < 4.78 is 0.921. The second-order valence-electron chi connectivity index (χ2n) is 4.20. The van der Waals surface area contributed by atoms with Crippen LogP contribution in [0.2, 0.25) is 5.02 Å². The van der Waals surface area contributed by atoms with Crippen molar-refractivity contribution >= 4 is 45.0 Å². The van der Waals surface area contributed by atoms with Crippen molar-refractivity contribution in [2.24, 2.45) is 0 Å². The summed E-state index contributed by atoms with van der Waals surface area (Å²) in [6.07, 6.45) is 1.91. The van der Waals surface area contributed by atoms with Gasteiger partial charge >= 0.3 is 0 Å². The molecule has 1 N–H and O–H groups in total. The van der Waals surface area contributed by atoms with Crippen molar-refractivity contribution in [3.63, 3.8) is 0 Å². The highest BCUT2D eigenvalue weighted by Crippen LogP contribution is 2.28. The van der Waals surface area contributed by atoms with Gasteiger partial charge in [-0.15, -0.1) is 18.3 Å².